The number of allylic oxidation sites excluding steroid dienone is 4. The molecule has 1 rings (SSSR count). The van der Waals surface area contributed by atoms with Gasteiger partial charge in [0.1, 0.15) is 0 Å². The van der Waals surface area contributed by atoms with Gasteiger partial charge in [0.2, 0.25) is 0 Å². The third-order valence-corrected chi connectivity index (χ3v) is 2.62. The fourth-order valence-corrected chi connectivity index (χ4v) is 1.70. The molecule has 0 spiro atoms. The molecule has 0 aromatic heterocycles. The Hall–Kier alpha value is -0.850. The molecular weight excluding hydrogens is 160 g/mol. The molecule has 0 aromatic carbocycles. The lowest BCUT2D eigenvalue weighted by atomic mass is 9.86. The zero-order chi connectivity index (χ0) is 9.84. The molecule has 0 fully saturated rings. The van der Waals surface area contributed by atoms with E-state index in [1.165, 1.54) is 11.1 Å². The Bertz CT molecular complexity index is 258. The average molecular weight is 178 g/mol. The molecule has 0 heterocycles. The number of hydrogen-bond acceptors (Lipinski definition) is 1. The predicted octanol–water partition coefficient (Wildman–Crippen LogP) is 3.27. The van der Waals surface area contributed by atoms with Crippen LogP contribution in [0, 0.1) is 5.92 Å². The van der Waals surface area contributed by atoms with Crippen LogP contribution < -0.4 is 0 Å². The Morgan fingerprint density at radius 2 is 2.31 bits per heavy atom. The maximum absolute atomic E-state index is 11.2. The van der Waals surface area contributed by atoms with Gasteiger partial charge >= 0.3 is 0 Å². The molecule has 0 bridgehead atoms. The number of carbonyl (C=O) groups excluding carboxylic acids is 1. The van der Waals surface area contributed by atoms with E-state index in [4.69, 9.17) is 0 Å². The van der Waals surface area contributed by atoms with Gasteiger partial charge in [0, 0.05) is 6.42 Å². The van der Waals surface area contributed by atoms with Gasteiger partial charge in [-0.15, -0.1) is 0 Å². The van der Waals surface area contributed by atoms with Gasteiger partial charge in [-0.05, 0) is 31.8 Å². The summed E-state index contributed by atoms with van der Waals surface area (Å²) in [6, 6.07) is 0. The quantitative estimate of drug-likeness (QED) is 0.468. The average Bonchev–Trinajstić information content (AvgIpc) is 2.09. The highest BCUT2D eigenvalue weighted by Gasteiger charge is 2.13. The molecule has 0 N–H and O–H groups in total. The first-order valence-corrected chi connectivity index (χ1v) is 5.04. The van der Waals surface area contributed by atoms with Crippen LogP contribution >= 0.6 is 0 Å². The lowest BCUT2D eigenvalue weighted by molar-refractivity contribution is -0.114. The van der Waals surface area contributed by atoms with Crippen LogP contribution in [0.5, 0.6) is 0 Å². The first-order valence-electron chi connectivity index (χ1n) is 5.04. The topological polar surface area (TPSA) is 17.1 Å². The van der Waals surface area contributed by atoms with Crippen molar-refractivity contribution in [2.24, 2.45) is 5.92 Å². The van der Waals surface area contributed by atoms with Gasteiger partial charge in [0.05, 0.1) is 0 Å². The highest BCUT2D eigenvalue weighted by molar-refractivity contribution is 5.90. The zero-order valence-corrected chi connectivity index (χ0v) is 8.76. The summed E-state index contributed by atoms with van der Waals surface area (Å²) in [5.41, 5.74) is 2.76. The summed E-state index contributed by atoms with van der Waals surface area (Å²) in [7, 11) is 0. The van der Waals surface area contributed by atoms with E-state index in [-0.39, 0.29) is 5.78 Å². The van der Waals surface area contributed by atoms with Gasteiger partial charge in [-0.2, -0.15) is 0 Å². The van der Waals surface area contributed by atoms with Crippen LogP contribution in [0.15, 0.2) is 23.3 Å². The summed E-state index contributed by atoms with van der Waals surface area (Å²) in [5.74, 6) is 0.721. The van der Waals surface area contributed by atoms with E-state index in [0.29, 0.717) is 12.3 Å². The molecule has 1 aliphatic rings. The van der Waals surface area contributed by atoms with Crippen LogP contribution in [-0.2, 0) is 4.79 Å². The normalized spacial score (nSPS) is 25.9. The van der Waals surface area contributed by atoms with Crippen molar-refractivity contribution in [3.8, 4) is 0 Å². The van der Waals surface area contributed by atoms with Crippen LogP contribution in [0.2, 0.25) is 0 Å². The van der Waals surface area contributed by atoms with Gasteiger partial charge < -0.3 is 0 Å². The minimum Gasteiger partial charge on any atom is -0.295 e. The predicted molar refractivity (Wildman–Crippen MR) is 55.5 cm³/mol. The van der Waals surface area contributed by atoms with E-state index >= 15 is 0 Å². The van der Waals surface area contributed by atoms with Crippen molar-refractivity contribution in [3.63, 3.8) is 0 Å². The second kappa shape index (κ2) is 4.40. The van der Waals surface area contributed by atoms with E-state index < -0.39 is 0 Å². The van der Waals surface area contributed by atoms with Crippen LogP contribution in [0.25, 0.3) is 0 Å². The summed E-state index contributed by atoms with van der Waals surface area (Å²) in [5, 5.41) is 0. The molecule has 1 atom stereocenters. The number of ketones is 1. The van der Waals surface area contributed by atoms with Crippen molar-refractivity contribution >= 4 is 5.78 Å². The molecule has 0 aromatic rings. The standard InChI is InChI=1S/C12H18O/c1-4-12(13)8-11-6-5-9(2)7-10(11)3/h7-8,10H,4-6H2,1-3H3/b11-8+. The molecule has 72 valence electrons. The minimum atomic E-state index is 0.259. The Balaban J connectivity index is 2.73. The Labute approximate surface area is 80.5 Å². The molecule has 0 aliphatic heterocycles. The molecule has 1 aliphatic carbocycles. The van der Waals surface area contributed by atoms with Gasteiger partial charge in [-0.1, -0.05) is 31.1 Å². The largest absolute Gasteiger partial charge is 0.295 e. The second-order valence-corrected chi connectivity index (χ2v) is 3.84. The monoisotopic (exact) mass is 178 g/mol. The second-order valence-electron chi connectivity index (χ2n) is 3.84. The molecular formula is C12H18O. The van der Waals surface area contributed by atoms with Gasteiger partial charge in [0.25, 0.3) is 0 Å². The fourth-order valence-electron chi connectivity index (χ4n) is 1.70. The van der Waals surface area contributed by atoms with Crippen LogP contribution in [0.1, 0.15) is 40.0 Å². The molecule has 1 nitrogen and oxygen atoms in total. The molecule has 0 radical (unpaired) electrons. The van der Waals surface area contributed by atoms with Crippen molar-refractivity contribution < 1.29 is 4.79 Å². The highest BCUT2D eigenvalue weighted by atomic mass is 16.1. The number of carbonyl (C=O) groups is 1. The Kier molecular flexibility index (Phi) is 3.47. The maximum Gasteiger partial charge on any atom is 0.155 e. The fraction of sp³-hybridized carbons (Fsp3) is 0.583. The number of hydrogen-bond donors (Lipinski definition) is 0. The van der Waals surface area contributed by atoms with Gasteiger partial charge in [-0.25, -0.2) is 0 Å². The van der Waals surface area contributed by atoms with E-state index in [1.54, 1.807) is 0 Å². The van der Waals surface area contributed by atoms with Crippen LogP contribution in [0.4, 0.5) is 0 Å². The highest BCUT2D eigenvalue weighted by Crippen LogP contribution is 2.27. The summed E-state index contributed by atoms with van der Waals surface area (Å²) in [6.07, 6.45) is 6.91. The van der Waals surface area contributed by atoms with Crippen LogP contribution in [0.3, 0.4) is 0 Å². The minimum absolute atomic E-state index is 0.259. The molecule has 0 saturated carbocycles. The molecule has 1 unspecified atom stereocenters. The molecule has 1 heteroatoms. The molecule has 13 heavy (non-hydrogen) atoms. The van der Waals surface area contributed by atoms with Crippen molar-refractivity contribution in [2.45, 2.75) is 40.0 Å². The van der Waals surface area contributed by atoms with Crippen molar-refractivity contribution in [3.05, 3.63) is 23.3 Å². The Morgan fingerprint density at radius 1 is 1.62 bits per heavy atom. The van der Waals surface area contributed by atoms with Crippen molar-refractivity contribution in [2.75, 3.05) is 0 Å². The maximum atomic E-state index is 11.2. The Morgan fingerprint density at radius 3 is 2.85 bits per heavy atom. The van der Waals surface area contributed by atoms with Gasteiger partial charge in [-0.3, -0.25) is 4.79 Å². The first kappa shape index (κ1) is 10.2. The van der Waals surface area contributed by atoms with Gasteiger partial charge in [0.15, 0.2) is 5.78 Å². The van der Waals surface area contributed by atoms with Crippen LogP contribution in [-0.4, -0.2) is 5.78 Å². The number of rotatable bonds is 2. The lowest BCUT2D eigenvalue weighted by Crippen LogP contribution is -2.05. The van der Waals surface area contributed by atoms with E-state index in [1.807, 2.05) is 13.0 Å². The van der Waals surface area contributed by atoms with Crippen molar-refractivity contribution in [1.82, 2.24) is 0 Å². The summed E-state index contributed by atoms with van der Waals surface area (Å²) in [4.78, 5) is 11.2. The first-order chi connectivity index (χ1) is 6.13. The third-order valence-electron chi connectivity index (χ3n) is 2.62. The van der Waals surface area contributed by atoms with Crippen molar-refractivity contribution in [1.29, 1.82) is 0 Å². The third kappa shape index (κ3) is 2.83. The molecule has 0 saturated heterocycles. The summed E-state index contributed by atoms with van der Waals surface area (Å²) >= 11 is 0. The van der Waals surface area contributed by atoms with E-state index in [2.05, 4.69) is 19.9 Å². The summed E-state index contributed by atoms with van der Waals surface area (Å²) in [6.45, 7) is 6.24. The van der Waals surface area contributed by atoms with E-state index in [0.717, 1.165) is 12.8 Å². The van der Waals surface area contributed by atoms with E-state index in [9.17, 15) is 4.79 Å². The smallest absolute Gasteiger partial charge is 0.155 e. The SMILES string of the molecule is CCC(=O)/C=C1\CCC(C)=CC1C. The zero-order valence-electron chi connectivity index (χ0n) is 8.76. The molecule has 0 amide bonds. The summed E-state index contributed by atoms with van der Waals surface area (Å²) < 4.78 is 0. The lowest BCUT2D eigenvalue weighted by Gasteiger charge is -2.19.